The number of amides is 1. The molecule has 0 bridgehead atoms. The van der Waals surface area contributed by atoms with Crippen LogP contribution in [0.25, 0.3) is 11.0 Å². The normalized spacial score (nSPS) is 17.5. The molecule has 0 unspecified atom stereocenters. The van der Waals surface area contributed by atoms with E-state index in [4.69, 9.17) is 5.26 Å². The molecule has 1 saturated heterocycles. The van der Waals surface area contributed by atoms with Gasteiger partial charge in [0.1, 0.15) is 29.7 Å². The van der Waals surface area contributed by atoms with E-state index >= 15 is 0 Å². The van der Waals surface area contributed by atoms with Gasteiger partial charge < -0.3 is 14.8 Å². The van der Waals surface area contributed by atoms with Crippen LogP contribution in [-0.4, -0.2) is 50.9 Å². The first-order chi connectivity index (χ1) is 14.1. The lowest BCUT2D eigenvalue weighted by Gasteiger charge is -2.43. The maximum Gasteiger partial charge on any atom is 0.227 e. The van der Waals surface area contributed by atoms with Gasteiger partial charge in [-0.15, -0.1) is 0 Å². The Hall–Kier alpha value is -3.47. The molecular weight excluding hydrogens is 371 g/mol. The van der Waals surface area contributed by atoms with Crippen molar-refractivity contribution in [3.8, 4) is 6.07 Å². The highest BCUT2D eigenvalue weighted by atomic mass is 19.1. The second-order valence-electron chi connectivity index (χ2n) is 7.73. The third-order valence-corrected chi connectivity index (χ3v) is 5.92. The minimum Gasteiger partial charge on any atom is -0.352 e. The molecule has 0 radical (unpaired) electrons. The summed E-state index contributed by atoms with van der Waals surface area (Å²) in [6.07, 6.45) is 5.51. The smallest absolute Gasteiger partial charge is 0.227 e. The van der Waals surface area contributed by atoms with E-state index in [1.165, 1.54) is 12.1 Å². The number of carbonyl (C=O) groups is 1. The van der Waals surface area contributed by atoms with Crippen molar-refractivity contribution in [3.05, 3.63) is 53.7 Å². The third kappa shape index (κ3) is 2.99. The van der Waals surface area contributed by atoms with Crippen LogP contribution in [0.4, 0.5) is 10.2 Å². The van der Waals surface area contributed by atoms with Crippen LogP contribution in [0, 0.1) is 17.1 Å². The summed E-state index contributed by atoms with van der Waals surface area (Å²) < 4.78 is 13.6. The number of rotatable bonds is 3. The van der Waals surface area contributed by atoms with Crippen molar-refractivity contribution in [2.24, 2.45) is 0 Å². The fourth-order valence-corrected chi connectivity index (χ4v) is 4.27. The first-order valence-electron chi connectivity index (χ1n) is 9.62. The lowest BCUT2D eigenvalue weighted by Crippen LogP contribution is -2.57. The van der Waals surface area contributed by atoms with Crippen molar-refractivity contribution in [2.45, 2.75) is 24.8 Å². The second kappa shape index (κ2) is 6.55. The number of anilines is 1. The molecule has 1 N–H and O–H groups in total. The number of nitrogens with one attached hydrogen (secondary N) is 1. The van der Waals surface area contributed by atoms with E-state index in [0.717, 1.165) is 36.2 Å². The predicted octanol–water partition coefficient (Wildman–Crippen LogP) is 2.39. The molecule has 1 saturated carbocycles. The molecule has 2 fully saturated rings. The first-order valence-corrected chi connectivity index (χ1v) is 9.62. The number of hydrogen-bond acceptors (Lipinski definition) is 5. The fraction of sp³-hybridized carbons (Fsp3) is 0.333. The van der Waals surface area contributed by atoms with Gasteiger partial charge in [0.15, 0.2) is 0 Å². The average molecular weight is 390 g/mol. The number of fused-ring (bicyclic) bond motifs is 1. The van der Waals surface area contributed by atoms with Crippen LogP contribution in [0.3, 0.4) is 0 Å². The quantitative estimate of drug-likeness (QED) is 0.742. The van der Waals surface area contributed by atoms with Crippen LogP contribution in [0.5, 0.6) is 0 Å². The van der Waals surface area contributed by atoms with E-state index in [0.29, 0.717) is 18.7 Å². The molecule has 7 nitrogen and oxygen atoms in total. The molecule has 2 aromatic heterocycles. The summed E-state index contributed by atoms with van der Waals surface area (Å²) in [4.78, 5) is 29.1. The van der Waals surface area contributed by atoms with Crippen molar-refractivity contribution in [1.82, 2.24) is 19.9 Å². The summed E-state index contributed by atoms with van der Waals surface area (Å²) in [5.41, 5.74) is 1.28. The molecule has 3 heterocycles. The fourth-order valence-electron chi connectivity index (χ4n) is 4.27. The molecule has 2 aliphatic rings. The van der Waals surface area contributed by atoms with Gasteiger partial charge in [-0.3, -0.25) is 4.79 Å². The maximum absolute atomic E-state index is 13.6. The van der Waals surface area contributed by atoms with Gasteiger partial charge in [-0.2, -0.15) is 5.26 Å². The predicted molar refractivity (Wildman–Crippen MR) is 105 cm³/mol. The van der Waals surface area contributed by atoms with Crippen LogP contribution in [0.2, 0.25) is 0 Å². The molecule has 1 amide bonds. The summed E-state index contributed by atoms with van der Waals surface area (Å²) in [7, 11) is 0. The molecule has 146 valence electrons. The zero-order chi connectivity index (χ0) is 20.0. The van der Waals surface area contributed by atoms with Gasteiger partial charge in [0.05, 0.1) is 22.9 Å². The Kier molecular flexibility index (Phi) is 3.98. The number of aromatic nitrogens is 3. The number of piperazine rings is 1. The minimum atomic E-state index is -0.558. The van der Waals surface area contributed by atoms with Gasteiger partial charge in [-0.1, -0.05) is 6.07 Å². The Balaban J connectivity index is 1.34. The SMILES string of the molecule is N#Cc1cc(CC(=O)N2CCN(c3ncnc4[nH]ccc34)CC23CC3)ccc1F. The highest BCUT2D eigenvalue weighted by molar-refractivity contribution is 5.87. The van der Waals surface area contributed by atoms with Gasteiger partial charge in [-0.25, -0.2) is 14.4 Å². The van der Waals surface area contributed by atoms with Gasteiger partial charge in [0.2, 0.25) is 5.91 Å². The Morgan fingerprint density at radius 2 is 2.14 bits per heavy atom. The lowest BCUT2D eigenvalue weighted by atomic mass is 10.0. The van der Waals surface area contributed by atoms with Crippen molar-refractivity contribution in [2.75, 3.05) is 24.5 Å². The number of nitriles is 1. The molecule has 1 aliphatic carbocycles. The molecule has 1 spiro atoms. The number of aromatic amines is 1. The number of nitrogens with zero attached hydrogens (tertiary/aromatic N) is 5. The molecule has 3 aromatic rings. The van der Waals surface area contributed by atoms with Crippen LogP contribution in [0.1, 0.15) is 24.0 Å². The number of hydrogen-bond donors (Lipinski definition) is 1. The van der Waals surface area contributed by atoms with E-state index in [1.807, 2.05) is 23.2 Å². The first kappa shape index (κ1) is 17.6. The largest absolute Gasteiger partial charge is 0.352 e. The number of carbonyl (C=O) groups excluding carboxylic acids is 1. The van der Waals surface area contributed by atoms with Crippen molar-refractivity contribution in [3.63, 3.8) is 0 Å². The van der Waals surface area contributed by atoms with Gasteiger partial charge in [0.25, 0.3) is 0 Å². The molecule has 29 heavy (non-hydrogen) atoms. The summed E-state index contributed by atoms with van der Waals surface area (Å²) in [6.45, 7) is 2.04. The lowest BCUT2D eigenvalue weighted by molar-refractivity contribution is -0.134. The van der Waals surface area contributed by atoms with Crippen LogP contribution in [0.15, 0.2) is 36.8 Å². The number of halogens is 1. The zero-order valence-corrected chi connectivity index (χ0v) is 15.7. The van der Waals surface area contributed by atoms with Crippen molar-refractivity contribution < 1.29 is 9.18 Å². The third-order valence-electron chi connectivity index (χ3n) is 5.92. The van der Waals surface area contributed by atoms with E-state index in [2.05, 4.69) is 19.9 Å². The van der Waals surface area contributed by atoms with E-state index < -0.39 is 5.82 Å². The van der Waals surface area contributed by atoms with Crippen LogP contribution in [-0.2, 0) is 11.2 Å². The Morgan fingerprint density at radius 1 is 1.28 bits per heavy atom. The minimum absolute atomic E-state index is 0.0205. The van der Waals surface area contributed by atoms with E-state index in [1.54, 1.807) is 12.4 Å². The summed E-state index contributed by atoms with van der Waals surface area (Å²) in [6, 6.07) is 8.10. The van der Waals surface area contributed by atoms with Gasteiger partial charge in [0, 0.05) is 25.8 Å². The molecule has 1 aliphatic heterocycles. The Bertz CT molecular complexity index is 1150. The van der Waals surface area contributed by atoms with Crippen molar-refractivity contribution in [1.29, 1.82) is 5.26 Å². The number of H-pyrrole nitrogens is 1. The average Bonchev–Trinajstić information content (AvgIpc) is 3.30. The second-order valence-corrected chi connectivity index (χ2v) is 7.73. The standard InChI is InChI=1S/C21H19FN6O/c22-17-2-1-14(9-15(17)11-23)10-18(29)28-8-7-27(12-21(28)4-5-21)20-16-3-6-24-19(16)25-13-26-20/h1-3,6,9,13H,4-5,7-8,10,12H2,(H,24,25,26). The molecular formula is C21H19FN6O. The molecule has 8 heteroatoms. The highest BCUT2D eigenvalue weighted by Gasteiger charge is 2.53. The maximum atomic E-state index is 13.6. The van der Waals surface area contributed by atoms with Crippen LogP contribution < -0.4 is 4.90 Å². The summed E-state index contributed by atoms with van der Waals surface area (Å²) in [5, 5.41) is 10.00. The highest BCUT2D eigenvalue weighted by Crippen LogP contribution is 2.45. The van der Waals surface area contributed by atoms with Gasteiger partial charge in [-0.05, 0) is 36.6 Å². The summed E-state index contributed by atoms with van der Waals surface area (Å²) in [5.74, 6) is 0.357. The van der Waals surface area contributed by atoms with Gasteiger partial charge >= 0.3 is 0 Å². The van der Waals surface area contributed by atoms with Crippen molar-refractivity contribution >= 4 is 22.8 Å². The Morgan fingerprint density at radius 3 is 2.93 bits per heavy atom. The molecule has 1 aromatic carbocycles. The zero-order valence-electron chi connectivity index (χ0n) is 15.7. The monoisotopic (exact) mass is 390 g/mol. The molecule has 5 rings (SSSR count). The molecule has 0 atom stereocenters. The Labute approximate surface area is 166 Å². The van der Waals surface area contributed by atoms with E-state index in [9.17, 15) is 9.18 Å². The van der Waals surface area contributed by atoms with E-state index in [-0.39, 0.29) is 23.4 Å². The summed E-state index contributed by atoms with van der Waals surface area (Å²) >= 11 is 0. The topological polar surface area (TPSA) is 88.9 Å². The number of benzene rings is 1. The van der Waals surface area contributed by atoms with Crippen LogP contribution >= 0.6 is 0 Å².